The number of halogens is 1. The molecular formula is C20H22ClN5O. The molecule has 3 heterocycles. The standard InChI is InChI=1S/C20H22ClN5O/c1-11(2)19-24-23-18-10-25(9-13(4)26(18)19)20(27)16-7-12(3)22-17-6-5-14(21)8-15(16)17/h5-8,11,13H,9-10H2,1-4H3/t13-/m0/s1. The van der Waals surface area contributed by atoms with Gasteiger partial charge in [0.15, 0.2) is 5.82 Å². The highest BCUT2D eigenvalue weighted by Gasteiger charge is 2.31. The summed E-state index contributed by atoms with van der Waals surface area (Å²) in [5.41, 5.74) is 2.21. The third kappa shape index (κ3) is 3.08. The van der Waals surface area contributed by atoms with E-state index in [-0.39, 0.29) is 11.9 Å². The Labute approximate surface area is 163 Å². The van der Waals surface area contributed by atoms with E-state index in [9.17, 15) is 4.79 Å². The molecule has 0 bridgehead atoms. The summed E-state index contributed by atoms with van der Waals surface area (Å²) in [7, 11) is 0. The number of fused-ring (bicyclic) bond motifs is 2. The van der Waals surface area contributed by atoms with E-state index in [2.05, 4.69) is 40.5 Å². The fourth-order valence-corrected chi connectivity index (χ4v) is 3.96. The lowest BCUT2D eigenvalue weighted by molar-refractivity contribution is 0.0681. The van der Waals surface area contributed by atoms with Gasteiger partial charge in [-0.2, -0.15) is 0 Å². The molecule has 0 saturated carbocycles. The van der Waals surface area contributed by atoms with Crippen LogP contribution in [0.5, 0.6) is 0 Å². The molecule has 0 unspecified atom stereocenters. The zero-order chi connectivity index (χ0) is 19.3. The summed E-state index contributed by atoms with van der Waals surface area (Å²) in [5, 5.41) is 10.0. The summed E-state index contributed by atoms with van der Waals surface area (Å²) in [6.07, 6.45) is 0. The molecule has 0 spiro atoms. The van der Waals surface area contributed by atoms with Gasteiger partial charge in [0.05, 0.1) is 23.7 Å². The van der Waals surface area contributed by atoms with E-state index in [0.717, 1.165) is 28.2 Å². The van der Waals surface area contributed by atoms with Gasteiger partial charge in [0.25, 0.3) is 5.91 Å². The fourth-order valence-electron chi connectivity index (χ4n) is 3.79. The Morgan fingerprint density at radius 2 is 2.04 bits per heavy atom. The maximum atomic E-state index is 13.4. The maximum Gasteiger partial charge on any atom is 0.255 e. The molecular weight excluding hydrogens is 362 g/mol. The van der Waals surface area contributed by atoms with Crippen LogP contribution in [-0.2, 0) is 6.54 Å². The number of aryl methyl sites for hydroxylation is 1. The van der Waals surface area contributed by atoms with Gasteiger partial charge < -0.3 is 9.47 Å². The highest BCUT2D eigenvalue weighted by atomic mass is 35.5. The van der Waals surface area contributed by atoms with Gasteiger partial charge in [-0.3, -0.25) is 9.78 Å². The van der Waals surface area contributed by atoms with Crippen LogP contribution in [0.2, 0.25) is 5.02 Å². The summed E-state index contributed by atoms with van der Waals surface area (Å²) in [4.78, 5) is 19.7. The molecule has 2 aromatic heterocycles. The molecule has 0 radical (unpaired) electrons. The van der Waals surface area contributed by atoms with Gasteiger partial charge in [-0.25, -0.2) is 0 Å². The Morgan fingerprint density at radius 1 is 1.26 bits per heavy atom. The van der Waals surface area contributed by atoms with Gasteiger partial charge >= 0.3 is 0 Å². The number of hydrogen-bond acceptors (Lipinski definition) is 4. The number of benzene rings is 1. The molecule has 7 heteroatoms. The largest absolute Gasteiger partial charge is 0.329 e. The zero-order valence-electron chi connectivity index (χ0n) is 15.9. The van der Waals surface area contributed by atoms with Gasteiger partial charge in [0.1, 0.15) is 5.82 Å². The third-order valence-corrected chi connectivity index (χ3v) is 5.22. The zero-order valence-corrected chi connectivity index (χ0v) is 16.7. The molecule has 0 N–H and O–H groups in total. The number of aromatic nitrogens is 4. The van der Waals surface area contributed by atoms with Crippen LogP contribution < -0.4 is 0 Å². The smallest absolute Gasteiger partial charge is 0.255 e. The van der Waals surface area contributed by atoms with Crippen molar-refractivity contribution in [2.24, 2.45) is 0 Å². The van der Waals surface area contributed by atoms with Gasteiger partial charge in [0, 0.05) is 28.6 Å². The SMILES string of the molecule is Cc1cc(C(=O)N2Cc3nnc(C(C)C)n3[C@@H](C)C2)c2cc(Cl)ccc2n1. The number of nitrogens with zero attached hydrogens (tertiary/aromatic N) is 5. The van der Waals surface area contributed by atoms with Crippen molar-refractivity contribution in [3.8, 4) is 0 Å². The molecule has 0 saturated heterocycles. The average Bonchev–Trinajstić information content (AvgIpc) is 3.05. The molecule has 4 rings (SSSR count). The molecule has 1 aromatic carbocycles. The van der Waals surface area contributed by atoms with E-state index in [0.29, 0.717) is 29.6 Å². The fraction of sp³-hybridized carbons (Fsp3) is 0.400. The van der Waals surface area contributed by atoms with Crippen molar-refractivity contribution in [2.75, 3.05) is 6.54 Å². The van der Waals surface area contributed by atoms with Crippen molar-refractivity contribution in [2.45, 2.75) is 46.2 Å². The minimum atomic E-state index is -0.0278. The maximum absolute atomic E-state index is 13.4. The van der Waals surface area contributed by atoms with E-state index in [1.807, 2.05) is 30.0 Å². The van der Waals surface area contributed by atoms with Crippen molar-refractivity contribution >= 4 is 28.4 Å². The Bertz CT molecular complexity index is 1040. The third-order valence-electron chi connectivity index (χ3n) is 4.98. The predicted molar refractivity (Wildman–Crippen MR) is 105 cm³/mol. The molecule has 1 aliphatic rings. The highest BCUT2D eigenvalue weighted by Crippen LogP contribution is 2.28. The van der Waals surface area contributed by atoms with Crippen LogP contribution in [0.1, 0.15) is 60.4 Å². The van der Waals surface area contributed by atoms with E-state index in [4.69, 9.17) is 11.6 Å². The van der Waals surface area contributed by atoms with Crippen LogP contribution in [0.4, 0.5) is 0 Å². The number of hydrogen-bond donors (Lipinski definition) is 0. The molecule has 1 amide bonds. The number of carbonyl (C=O) groups excluding carboxylic acids is 1. The molecule has 0 fully saturated rings. The first kappa shape index (κ1) is 17.9. The van der Waals surface area contributed by atoms with Crippen molar-refractivity contribution in [1.29, 1.82) is 0 Å². The quantitative estimate of drug-likeness (QED) is 0.667. The number of rotatable bonds is 2. The van der Waals surface area contributed by atoms with Crippen LogP contribution in [0.25, 0.3) is 10.9 Å². The number of amides is 1. The minimum Gasteiger partial charge on any atom is -0.329 e. The van der Waals surface area contributed by atoms with Crippen LogP contribution in [-0.4, -0.2) is 37.1 Å². The van der Waals surface area contributed by atoms with Crippen LogP contribution in [0, 0.1) is 6.92 Å². The van der Waals surface area contributed by atoms with Crippen LogP contribution in [0.3, 0.4) is 0 Å². The van der Waals surface area contributed by atoms with Crippen molar-refractivity contribution in [3.05, 3.63) is 52.2 Å². The molecule has 3 aromatic rings. The summed E-state index contributed by atoms with van der Waals surface area (Å²) in [6, 6.07) is 7.42. The number of pyridine rings is 1. The molecule has 1 atom stereocenters. The summed E-state index contributed by atoms with van der Waals surface area (Å²) in [5.74, 6) is 2.07. The lowest BCUT2D eigenvalue weighted by Gasteiger charge is -2.33. The molecule has 27 heavy (non-hydrogen) atoms. The summed E-state index contributed by atoms with van der Waals surface area (Å²) < 4.78 is 2.17. The molecule has 6 nitrogen and oxygen atoms in total. The second-order valence-corrected chi connectivity index (χ2v) is 7.94. The molecule has 1 aliphatic heterocycles. The Hall–Kier alpha value is -2.47. The van der Waals surface area contributed by atoms with Crippen molar-refractivity contribution in [3.63, 3.8) is 0 Å². The normalized spacial score (nSPS) is 16.8. The van der Waals surface area contributed by atoms with E-state index < -0.39 is 0 Å². The van der Waals surface area contributed by atoms with E-state index in [1.54, 1.807) is 6.07 Å². The first-order valence-electron chi connectivity index (χ1n) is 9.15. The topological polar surface area (TPSA) is 63.9 Å². The van der Waals surface area contributed by atoms with E-state index in [1.165, 1.54) is 0 Å². The monoisotopic (exact) mass is 383 g/mol. The van der Waals surface area contributed by atoms with Gasteiger partial charge in [-0.05, 0) is 38.1 Å². The van der Waals surface area contributed by atoms with Crippen molar-refractivity contribution < 1.29 is 4.79 Å². The van der Waals surface area contributed by atoms with Crippen LogP contribution in [0.15, 0.2) is 24.3 Å². The van der Waals surface area contributed by atoms with E-state index >= 15 is 0 Å². The Kier molecular flexibility index (Phi) is 4.38. The molecule has 0 aliphatic carbocycles. The van der Waals surface area contributed by atoms with Crippen molar-refractivity contribution in [1.82, 2.24) is 24.6 Å². The van der Waals surface area contributed by atoms with Gasteiger partial charge in [-0.1, -0.05) is 25.4 Å². The van der Waals surface area contributed by atoms with Gasteiger partial charge in [-0.15, -0.1) is 10.2 Å². The lowest BCUT2D eigenvalue weighted by atomic mass is 10.1. The summed E-state index contributed by atoms with van der Waals surface area (Å²) in [6.45, 7) is 9.29. The van der Waals surface area contributed by atoms with Gasteiger partial charge in [0.2, 0.25) is 0 Å². The average molecular weight is 384 g/mol. The second kappa shape index (κ2) is 6.60. The van der Waals surface area contributed by atoms with Crippen LogP contribution >= 0.6 is 11.6 Å². The summed E-state index contributed by atoms with van der Waals surface area (Å²) >= 11 is 6.17. The highest BCUT2D eigenvalue weighted by molar-refractivity contribution is 6.31. The second-order valence-electron chi connectivity index (χ2n) is 7.51. The Balaban J connectivity index is 1.74. The predicted octanol–water partition coefficient (Wildman–Crippen LogP) is 4.13. The molecule has 140 valence electrons. The Morgan fingerprint density at radius 3 is 2.78 bits per heavy atom. The first-order valence-corrected chi connectivity index (χ1v) is 9.52. The lowest BCUT2D eigenvalue weighted by Crippen LogP contribution is -2.41. The number of carbonyl (C=O) groups is 1. The first-order chi connectivity index (χ1) is 12.8. The minimum absolute atomic E-state index is 0.0278.